The summed E-state index contributed by atoms with van der Waals surface area (Å²) in [5.74, 6) is 0.269. The minimum atomic E-state index is -0.274. The van der Waals surface area contributed by atoms with E-state index in [1.165, 1.54) is 6.08 Å². The second-order valence-corrected chi connectivity index (χ2v) is 9.34. The van der Waals surface area contributed by atoms with Crippen molar-refractivity contribution >= 4 is 34.9 Å². The molecular formula is C26H29N3O3S. The Labute approximate surface area is 198 Å². The molecule has 33 heavy (non-hydrogen) atoms. The molecule has 0 atom stereocenters. The number of nitrogens with zero attached hydrogens (tertiary/aromatic N) is 1. The van der Waals surface area contributed by atoms with Gasteiger partial charge in [0.25, 0.3) is 5.91 Å². The van der Waals surface area contributed by atoms with Gasteiger partial charge >= 0.3 is 0 Å². The van der Waals surface area contributed by atoms with Crippen LogP contribution in [0, 0.1) is 6.92 Å². The van der Waals surface area contributed by atoms with Crippen LogP contribution < -0.4 is 15.4 Å². The van der Waals surface area contributed by atoms with Crippen molar-refractivity contribution in [2.24, 2.45) is 0 Å². The van der Waals surface area contributed by atoms with E-state index in [0.29, 0.717) is 23.6 Å². The molecule has 6 nitrogen and oxygen atoms in total. The summed E-state index contributed by atoms with van der Waals surface area (Å²) in [6.45, 7) is 8.32. The molecule has 0 radical (unpaired) electrons. The zero-order valence-corrected chi connectivity index (χ0v) is 20.2. The van der Waals surface area contributed by atoms with Crippen LogP contribution in [-0.4, -0.2) is 22.3 Å². The summed E-state index contributed by atoms with van der Waals surface area (Å²) in [4.78, 5) is 29.2. The Hall–Kier alpha value is -3.45. The fourth-order valence-corrected chi connectivity index (χ4v) is 3.50. The van der Waals surface area contributed by atoms with Gasteiger partial charge in [0, 0.05) is 33.8 Å². The average molecular weight is 464 g/mol. The lowest BCUT2D eigenvalue weighted by Crippen LogP contribution is -2.42. The van der Waals surface area contributed by atoms with E-state index < -0.39 is 0 Å². The SMILES string of the molecule is CCC(C)(C)NC(=O)c1ccc(NC(=O)/C=C/c2ccccc2OCc2csc(C)n2)cc1. The fourth-order valence-electron chi connectivity index (χ4n) is 2.90. The van der Waals surface area contributed by atoms with Crippen LogP contribution >= 0.6 is 11.3 Å². The Morgan fingerprint density at radius 2 is 1.85 bits per heavy atom. The van der Waals surface area contributed by atoms with Crippen molar-refractivity contribution in [2.45, 2.75) is 46.3 Å². The minimum Gasteiger partial charge on any atom is -0.487 e. The maximum Gasteiger partial charge on any atom is 0.251 e. The number of carbonyl (C=O) groups excluding carboxylic acids is 2. The molecule has 172 valence electrons. The van der Waals surface area contributed by atoms with E-state index in [9.17, 15) is 9.59 Å². The number of aromatic nitrogens is 1. The van der Waals surface area contributed by atoms with Crippen molar-refractivity contribution in [2.75, 3.05) is 5.32 Å². The quantitative estimate of drug-likeness (QED) is 0.405. The lowest BCUT2D eigenvalue weighted by atomic mass is 10.0. The molecule has 3 rings (SSSR count). The number of hydrogen-bond acceptors (Lipinski definition) is 5. The maximum atomic E-state index is 12.4. The van der Waals surface area contributed by atoms with Crippen molar-refractivity contribution in [3.8, 4) is 5.75 Å². The number of amides is 2. The Kier molecular flexibility index (Phi) is 8.01. The Morgan fingerprint density at radius 3 is 2.52 bits per heavy atom. The summed E-state index contributed by atoms with van der Waals surface area (Å²) in [6, 6.07) is 14.4. The van der Waals surface area contributed by atoms with Gasteiger partial charge in [-0.15, -0.1) is 11.3 Å². The molecule has 0 saturated carbocycles. The Bertz CT molecular complexity index is 1130. The molecule has 0 aliphatic heterocycles. The molecule has 0 aliphatic rings. The van der Waals surface area contributed by atoms with Gasteiger partial charge in [0.05, 0.1) is 10.7 Å². The van der Waals surface area contributed by atoms with Crippen molar-refractivity contribution in [3.63, 3.8) is 0 Å². The molecule has 0 saturated heterocycles. The molecule has 0 unspecified atom stereocenters. The molecule has 2 N–H and O–H groups in total. The van der Waals surface area contributed by atoms with Gasteiger partial charge in [-0.2, -0.15) is 0 Å². The molecule has 0 aliphatic carbocycles. The van der Waals surface area contributed by atoms with E-state index in [-0.39, 0.29) is 17.4 Å². The lowest BCUT2D eigenvalue weighted by molar-refractivity contribution is -0.111. The first-order valence-electron chi connectivity index (χ1n) is 10.8. The zero-order chi connectivity index (χ0) is 23.8. The number of aryl methyl sites for hydroxylation is 1. The highest BCUT2D eigenvalue weighted by Crippen LogP contribution is 2.21. The van der Waals surface area contributed by atoms with Crippen molar-refractivity contribution in [3.05, 3.63) is 81.8 Å². The third kappa shape index (κ3) is 7.29. The summed E-state index contributed by atoms with van der Waals surface area (Å²) in [7, 11) is 0. The van der Waals surface area contributed by atoms with E-state index in [2.05, 4.69) is 15.6 Å². The van der Waals surface area contributed by atoms with Gasteiger partial charge in [-0.3, -0.25) is 9.59 Å². The summed E-state index contributed by atoms with van der Waals surface area (Å²) in [6.07, 6.45) is 4.00. The van der Waals surface area contributed by atoms with Gasteiger partial charge in [-0.05, 0) is 63.6 Å². The number of nitrogens with one attached hydrogen (secondary N) is 2. The maximum absolute atomic E-state index is 12.4. The molecule has 2 amide bonds. The first-order chi connectivity index (χ1) is 15.8. The molecule has 2 aromatic carbocycles. The Morgan fingerprint density at radius 1 is 1.12 bits per heavy atom. The zero-order valence-electron chi connectivity index (χ0n) is 19.3. The van der Waals surface area contributed by atoms with E-state index in [1.807, 2.05) is 57.3 Å². The predicted molar refractivity (Wildman–Crippen MR) is 134 cm³/mol. The summed E-state index contributed by atoms with van der Waals surface area (Å²) < 4.78 is 5.89. The normalized spacial score (nSPS) is 11.4. The molecule has 3 aromatic rings. The van der Waals surface area contributed by atoms with Gasteiger partial charge in [0.2, 0.25) is 5.91 Å². The van der Waals surface area contributed by atoms with E-state index in [1.54, 1.807) is 41.7 Å². The molecule has 0 fully saturated rings. The number of ether oxygens (including phenoxy) is 1. The van der Waals surface area contributed by atoms with Crippen molar-refractivity contribution < 1.29 is 14.3 Å². The van der Waals surface area contributed by atoms with Crippen LogP contribution in [0.5, 0.6) is 5.75 Å². The number of hydrogen-bond donors (Lipinski definition) is 2. The number of thiazole rings is 1. The standard InChI is InChI=1S/C26H29N3O3S/c1-5-26(3,4)29-25(31)20-10-13-21(14-11-20)28-24(30)15-12-19-8-6-7-9-23(19)32-16-22-17-33-18(2)27-22/h6-15,17H,5,16H2,1-4H3,(H,28,30)(H,29,31)/b15-12+. The number of carbonyl (C=O) groups is 2. The largest absolute Gasteiger partial charge is 0.487 e. The van der Waals surface area contributed by atoms with Gasteiger partial charge in [0.15, 0.2) is 0 Å². The molecule has 1 aromatic heterocycles. The van der Waals surface area contributed by atoms with Crippen LogP contribution in [0.2, 0.25) is 0 Å². The van der Waals surface area contributed by atoms with Gasteiger partial charge in [-0.1, -0.05) is 25.1 Å². The van der Waals surface area contributed by atoms with Crippen LogP contribution in [0.15, 0.2) is 60.0 Å². The van der Waals surface area contributed by atoms with Crippen molar-refractivity contribution in [1.29, 1.82) is 0 Å². The smallest absolute Gasteiger partial charge is 0.251 e. The third-order valence-electron chi connectivity index (χ3n) is 5.13. The molecule has 0 bridgehead atoms. The summed E-state index contributed by atoms with van der Waals surface area (Å²) in [5, 5.41) is 8.78. The predicted octanol–water partition coefficient (Wildman–Crippen LogP) is 5.60. The van der Waals surface area contributed by atoms with E-state index >= 15 is 0 Å². The highest BCUT2D eigenvalue weighted by atomic mass is 32.1. The number of para-hydroxylation sites is 1. The second kappa shape index (κ2) is 10.9. The monoisotopic (exact) mass is 463 g/mol. The van der Waals surface area contributed by atoms with Crippen LogP contribution in [0.25, 0.3) is 6.08 Å². The molecular weight excluding hydrogens is 434 g/mol. The fraction of sp³-hybridized carbons (Fsp3) is 0.269. The number of rotatable bonds is 9. The number of benzene rings is 2. The summed E-state index contributed by atoms with van der Waals surface area (Å²) in [5.41, 5.74) is 2.56. The Balaban J connectivity index is 1.58. The number of anilines is 1. The highest BCUT2D eigenvalue weighted by Gasteiger charge is 2.18. The second-order valence-electron chi connectivity index (χ2n) is 8.28. The topological polar surface area (TPSA) is 80.3 Å². The molecule has 0 spiro atoms. The van der Waals surface area contributed by atoms with Crippen LogP contribution in [0.3, 0.4) is 0 Å². The van der Waals surface area contributed by atoms with E-state index in [4.69, 9.17) is 4.74 Å². The minimum absolute atomic E-state index is 0.135. The van der Waals surface area contributed by atoms with E-state index in [0.717, 1.165) is 22.7 Å². The first kappa shape index (κ1) is 24.2. The van der Waals surface area contributed by atoms with Gasteiger partial charge in [0.1, 0.15) is 12.4 Å². The van der Waals surface area contributed by atoms with Crippen molar-refractivity contribution in [1.82, 2.24) is 10.3 Å². The average Bonchev–Trinajstić information content (AvgIpc) is 3.22. The van der Waals surface area contributed by atoms with Gasteiger partial charge in [-0.25, -0.2) is 4.98 Å². The lowest BCUT2D eigenvalue weighted by Gasteiger charge is -2.24. The molecule has 7 heteroatoms. The van der Waals surface area contributed by atoms with Gasteiger partial charge < -0.3 is 15.4 Å². The first-order valence-corrected chi connectivity index (χ1v) is 11.7. The summed E-state index contributed by atoms with van der Waals surface area (Å²) >= 11 is 1.58. The highest BCUT2D eigenvalue weighted by molar-refractivity contribution is 7.09. The molecule has 1 heterocycles. The third-order valence-corrected chi connectivity index (χ3v) is 5.95. The van der Waals surface area contributed by atoms with Crippen LogP contribution in [-0.2, 0) is 11.4 Å². The van der Waals surface area contributed by atoms with Crippen LogP contribution in [0.1, 0.15) is 53.8 Å². The van der Waals surface area contributed by atoms with Crippen LogP contribution in [0.4, 0.5) is 5.69 Å².